The fourth-order valence-electron chi connectivity index (χ4n) is 8.20. The Kier molecular flexibility index (Phi) is 10.4. The second-order valence-corrected chi connectivity index (χ2v) is 21.7. The molecule has 0 aliphatic heterocycles. The van der Waals surface area contributed by atoms with Gasteiger partial charge in [0.2, 0.25) is 0 Å². The third-order valence-electron chi connectivity index (χ3n) is 12.3. The summed E-state index contributed by atoms with van der Waals surface area (Å²) in [7, 11) is 0. The van der Waals surface area contributed by atoms with Crippen LogP contribution in [0.3, 0.4) is 0 Å². The van der Waals surface area contributed by atoms with Crippen molar-refractivity contribution < 1.29 is 9.42 Å². The third-order valence-corrected chi connectivity index (χ3v) is 12.3. The van der Waals surface area contributed by atoms with Crippen molar-refractivity contribution in [3.05, 3.63) is 167 Å². The van der Waals surface area contributed by atoms with Crippen LogP contribution in [0.5, 0.6) is 11.5 Å². The fraction of sp³-hybridized carbons (Fsp3) is 0.339. The number of ether oxygens (including phenoxy) is 1. The summed E-state index contributed by atoms with van der Waals surface area (Å²) in [4.78, 5) is 4.91. The van der Waals surface area contributed by atoms with E-state index in [9.17, 15) is 0 Å². The van der Waals surface area contributed by atoms with Gasteiger partial charge in [-0.1, -0.05) is 170 Å². The SMILES string of the molecule is CC(C)(C)c1cc(Oc2ccc3c4ccccc4n(-c4cc(C(C)(C)C)ccn4)c3c2)cc(-n2[c-][n+](-c3cc(C(C)(C)C)cc(C(C)(C)C)c3)nc2C(C)(C)c2ccccc2)c1. The lowest BCUT2D eigenvalue weighted by Crippen LogP contribution is -2.35. The maximum atomic E-state index is 6.97. The zero-order valence-electron chi connectivity index (χ0n) is 39.3. The number of aromatic nitrogens is 5. The maximum absolute atomic E-state index is 6.97. The largest absolute Gasteiger partial charge is 0.458 e. The molecule has 0 atom stereocenters. The summed E-state index contributed by atoms with van der Waals surface area (Å²) in [6.07, 6.45) is 5.68. The van der Waals surface area contributed by atoms with Gasteiger partial charge < -0.3 is 4.74 Å². The molecule has 0 N–H and O–H groups in total. The van der Waals surface area contributed by atoms with E-state index in [1.165, 1.54) is 27.6 Å². The van der Waals surface area contributed by atoms with E-state index in [4.69, 9.17) is 14.8 Å². The molecular weight excluding hydrogens is 759 g/mol. The van der Waals surface area contributed by atoms with Crippen molar-refractivity contribution in [3.63, 3.8) is 0 Å². The fourth-order valence-corrected chi connectivity index (χ4v) is 8.20. The van der Waals surface area contributed by atoms with Crippen LogP contribution >= 0.6 is 0 Å². The molecule has 0 fully saturated rings. The van der Waals surface area contributed by atoms with Crippen LogP contribution in [0.1, 0.15) is 131 Å². The summed E-state index contributed by atoms with van der Waals surface area (Å²) in [6.45, 7) is 31.6. The van der Waals surface area contributed by atoms with Gasteiger partial charge in [0.05, 0.1) is 22.4 Å². The second-order valence-electron chi connectivity index (χ2n) is 21.7. The van der Waals surface area contributed by atoms with Gasteiger partial charge in [0, 0.05) is 28.5 Å². The van der Waals surface area contributed by atoms with Gasteiger partial charge in [-0.2, -0.15) is 4.68 Å². The Morgan fingerprint density at radius 1 is 0.500 bits per heavy atom. The quantitative estimate of drug-likeness (QED) is 0.119. The van der Waals surface area contributed by atoms with E-state index < -0.39 is 5.41 Å². The minimum Gasteiger partial charge on any atom is -0.458 e. The molecule has 0 saturated carbocycles. The lowest BCUT2D eigenvalue weighted by molar-refractivity contribution is -0.662. The lowest BCUT2D eigenvalue weighted by atomic mass is 9.80. The van der Waals surface area contributed by atoms with Crippen LogP contribution in [-0.2, 0) is 27.1 Å². The highest BCUT2D eigenvalue weighted by molar-refractivity contribution is 6.09. The van der Waals surface area contributed by atoms with Crippen molar-refractivity contribution in [1.29, 1.82) is 0 Å². The van der Waals surface area contributed by atoms with Crippen LogP contribution < -0.4 is 9.42 Å². The zero-order valence-corrected chi connectivity index (χ0v) is 39.3. The van der Waals surface area contributed by atoms with E-state index >= 15 is 0 Å². The Labute approximate surface area is 369 Å². The van der Waals surface area contributed by atoms with Gasteiger partial charge in [-0.25, -0.2) is 4.98 Å². The molecule has 5 aromatic carbocycles. The highest BCUT2D eigenvalue weighted by Gasteiger charge is 2.32. The minimum absolute atomic E-state index is 0.0194. The molecule has 0 aliphatic carbocycles. The molecule has 0 bridgehead atoms. The van der Waals surface area contributed by atoms with Crippen LogP contribution in [0.25, 0.3) is 39.0 Å². The molecule has 6 heteroatoms. The van der Waals surface area contributed by atoms with Crippen molar-refractivity contribution >= 4 is 21.8 Å². The van der Waals surface area contributed by atoms with E-state index in [0.717, 1.165) is 56.5 Å². The number of hydrogen-bond acceptors (Lipinski definition) is 3. The summed E-state index contributed by atoms with van der Waals surface area (Å²) in [5, 5.41) is 7.77. The van der Waals surface area contributed by atoms with Crippen LogP contribution in [0.2, 0.25) is 0 Å². The van der Waals surface area contributed by atoms with Gasteiger partial charge in [0.15, 0.2) is 5.82 Å². The van der Waals surface area contributed by atoms with E-state index in [-0.39, 0.29) is 21.7 Å². The third kappa shape index (κ3) is 8.20. The molecular formula is C56H63N5O. The van der Waals surface area contributed by atoms with E-state index in [0.29, 0.717) is 0 Å². The Bertz CT molecular complexity index is 2900. The van der Waals surface area contributed by atoms with Gasteiger partial charge in [-0.15, -0.1) is 5.10 Å². The average molecular weight is 822 g/mol. The monoisotopic (exact) mass is 822 g/mol. The predicted molar refractivity (Wildman–Crippen MR) is 256 cm³/mol. The number of rotatable bonds is 7. The smallest absolute Gasteiger partial charge is 0.273 e. The summed E-state index contributed by atoms with van der Waals surface area (Å²) >= 11 is 0. The van der Waals surface area contributed by atoms with Crippen LogP contribution in [0, 0.1) is 6.33 Å². The molecule has 0 spiro atoms. The highest BCUT2D eigenvalue weighted by atomic mass is 16.5. The van der Waals surface area contributed by atoms with Crippen molar-refractivity contribution in [2.24, 2.45) is 0 Å². The first-order chi connectivity index (χ1) is 29.0. The zero-order chi connectivity index (χ0) is 44.6. The van der Waals surface area contributed by atoms with Crippen LogP contribution in [-0.4, -0.2) is 19.2 Å². The Balaban J connectivity index is 1.31. The Hall–Kier alpha value is -6.01. The van der Waals surface area contributed by atoms with E-state index in [1.807, 2.05) is 10.9 Å². The number of fused-ring (bicyclic) bond motifs is 3. The first-order valence-corrected chi connectivity index (χ1v) is 22.0. The number of pyridine rings is 1. The molecule has 8 aromatic rings. The molecule has 8 rings (SSSR count). The van der Waals surface area contributed by atoms with Crippen molar-refractivity contribution in [2.75, 3.05) is 0 Å². The van der Waals surface area contributed by atoms with Gasteiger partial charge in [0.1, 0.15) is 17.3 Å². The predicted octanol–water partition coefficient (Wildman–Crippen LogP) is 13.7. The van der Waals surface area contributed by atoms with Gasteiger partial charge in [0.25, 0.3) is 6.33 Å². The molecule has 0 amide bonds. The molecule has 0 radical (unpaired) electrons. The number of hydrogen-bond donors (Lipinski definition) is 0. The van der Waals surface area contributed by atoms with Crippen molar-refractivity contribution in [1.82, 2.24) is 19.2 Å². The van der Waals surface area contributed by atoms with Gasteiger partial charge in [-0.3, -0.25) is 9.13 Å². The molecule has 0 aliphatic rings. The van der Waals surface area contributed by atoms with Gasteiger partial charge in [-0.05, 0) is 91.9 Å². The van der Waals surface area contributed by atoms with Crippen molar-refractivity contribution in [2.45, 2.75) is 124 Å². The van der Waals surface area contributed by atoms with E-state index in [2.05, 4.69) is 234 Å². The van der Waals surface area contributed by atoms with Gasteiger partial charge >= 0.3 is 0 Å². The first kappa shape index (κ1) is 42.7. The molecule has 0 saturated heterocycles. The molecule has 62 heavy (non-hydrogen) atoms. The molecule has 6 nitrogen and oxygen atoms in total. The number of para-hydroxylation sites is 1. The molecule has 0 unspecified atom stereocenters. The molecule has 3 aromatic heterocycles. The second kappa shape index (κ2) is 15.1. The highest BCUT2D eigenvalue weighted by Crippen LogP contribution is 2.39. The number of nitrogens with zero attached hydrogens (tertiary/aromatic N) is 5. The summed E-state index contributed by atoms with van der Waals surface area (Å²) in [5.74, 6) is 3.24. The average Bonchev–Trinajstić information content (AvgIpc) is 3.81. The van der Waals surface area contributed by atoms with E-state index in [1.54, 1.807) is 0 Å². The topological polar surface area (TPSA) is 48.8 Å². The Morgan fingerprint density at radius 2 is 1.10 bits per heavy atom. The normalized spacial score (nSPS) is 13.0. The summed E-state index contributed by atoms with van der Waals surface area (Å²) < 4.78 is 13.3. The first-order valence-electron chi connectivity index (χ1n) is 22.0. The molecule has 3 heterocycles. The van der Waals surface area contributed by atoms with Crippen LogP contribution in [0.15, 0.2) is 128 Å². The summed E-state index contributed by atoms with van der Waals surface area (Å²) in [5.41, 5.74) is 9.35. The van der Waals surface area contributed by atoms with Crippen molar-refractivity contribution in [3.8, 4) is 28.7 Å². The standard InChI is InChI=1S/C56H63N5O/c1-52(2,3)38-26-27-57-50(33-38)61-48-23-19-18-22-46(48)47-25-24-44(35-49(47)61)62-45-32-41(55(10,11)12)29-42(34-45)59-36-60(58-51(59)56(13,14)37-20-16-15-17-21-37)43-30-39(53(4,5)6)28-40(31-43)54(7,8)9/h15-35H,1-14H3. The number of benzene rings is 5. The summed E-state index contributed by atoms with van der Waals surface area (Å²) in [6, 6.07) is 43.4. The maximum Gasteiger partial charge on any atom is 0.273 e. The molecule has 318 valence electrons. The lowest BCUT2D eigenvalue weighted by Gasteiger charge is -2.27. The minimum atomic E-state index is -0.479. The Morgan fingerprint density at radius 3 is 1.74 bits per heavy atom. The van der Waals surface area contributed by atoms with Crippen LogP contribution in [0.4, 0.5) is 0 Å².